The van der Waals surface area contributed by atoms with Crippen molar-refractivity contribution in [2.75, 3.05) is 46.0 Å². The molecule has 3 aromatic heterocycles. The summed E-state index contributed by atoms with van der Waals surface area (Å²) in [5.41, 5.74) is 19.6. The van der Waals surface area contributed by atoms with Gasteiger partial charge in [-0.2, -0.15) is 0 Å². The Balaban J connectivity index is 0.582. The van der Waals surface area contributed by atoms with Crippen LogP contribution in [0, 0.1) is 0 Å². The van der Waals surface area contributed by atoms with Crippen molar-refractivity contribution >= 4 is 162 Å². The summed E-state index contributed by atoms with van der Waals surface area (Å²) in [6, 6.07) is 87.8. The number of unbranched alkanes of at least 4 members (excludes halogenated alkanes) is 8. The zero-order valence-corrected chi connectivity index (χ0v) is 72.9. The minimum absolute atomic E-state index is 0.0377. The van der Waals surface area contributed by atoms with Crippen molar-refractivity contribution in [3.05, 3.63) is 311 Å². The highest BCUT2D eigenvalue weighted by Gasteiger charge is 2.31. The maximum Gasteiger partial charge on any atom is 0.231 e. The first-order chi connectivity index (χ1) is 65.1. The Morgan fingerprint density at radius 1 is 0.220 bits per heavy atom. The maximum atomic E-state index is 14.3. The first kappa shape index (κ1) is 83.0. The average molecular weight is 1740 g/mol. The number of benzene rings is 12. The Morgan fingerprint density at radius 2 is 0.439 bits per heavy atom. The lowest BCUT2D eigenvalue weighted by atomic mass is 10.1. The quantitative estimate of drug-likeness (QED) is 0.0435. The van der Waals surface area contributed by atoms with Crippen LogP contribution < -0.4 is 38.5 Å². The fourth-order valence-electron chi connectivity index (χ4n) is 18.5. The molecule has 4 amide bonds. The first-order valence-electron chi connectivity index (χ1n) is 45.8. The van der Waals surface area contributed by atoms with Crippen molar-refractivity contribution in [3.8, 4) is 68.5 Å². The molecule has 0 saturated carbocycles. The lowest BCUT2D eigenvalue weighted by molar-refractivity contribution is -0.118. The fraction of sp³-hybridized carbons (Fsp3) is 0.179. The van der Waals surface area contributed by atoms with Gasteiger partial charge in [0.15, 0.2) is 23.3 Å². The summed E-state index contributed by atoms with van der Waals surface area (Å²) in [6.07, 6.45) is 26.6. The van der Waals surface area contributed by atoms with Crippen LogP contribution >= 0.6 is 0 Å². The molecule has 0 fully saturated rings. The highest BCUT2D eigenvalue weighted by atomic mass is 16.5. The van der Waals surface area contributed by atoms with Crippen LogP contribution in [-0.4, -0.2) is 89.9 Å². The van der Waals surface area contributed by atoms with Crippen molar-refractivity contribution in [2.45, 2.75) is 103 Å². The number of aromatic nitrogens is 8. The molecule has 0 radical (unpaired) electrons. The first-order valence-corrected chi connectivity index (χ1v) is 45.8. The fourth-order valence-corrected chi connectivity index (χ4v) is 18.5. The minimum Gasteiger partial charge on any atom is -0.494 e. The average Bonchev–Trinajstić information content (AvgIpc) is 1.59. The standard InChI is InChI=1S/C112H94N12O8/c125-101(121-93-37-17-9-29-73(93)49-50-74-30-10-18-38-94(74)121)45-5-1-25-65-129-81-57-61-85-89(69-81)109-113-105(85)118-110-91-71-83(131-67-27-3-7-47-103(127)123-97-41-21-13-33-77(97)53-54-78-34-14-22-42-98(78)123)59-63-87(91)107(115-110)120-112-92-72-84(132-68-28-4-8-48-104(128)124-99-43-23-15-35-79(99)55-56-80-36-16-24-44-100(80)124)60-64-88(92)108(116-112)119-111-90-70-82(58-62-86(90)106(114-111)117-109)130-66-26-2-6-46-102(126)122-95-39-19-11-31-75(95)51-52-76-32-12-20-40-96(76)122/h9-24,29-44,49-64,69-72H,1-8,25-28,45-48,65-68H2,(H2,113,114,115,116,117,118,119,120). The summed E-state index contributed by atoms with van der Waals surface area (Å²) in [4.78, 5) is 104. The van der Waals surface area contributed by atoms with Gasteiger partial charge in [0.1, 0.15) is 45.6 Å². The molecular formula is C112H94N12O8. The molecule has 15 aromatic rings. The molecule has 132 heavy (non-hydrogen) atoms. The summed E-state index contributed by atoms with van der Waals surface area (Å²) in [5, 5.41) is 2.94. The van der Waals surface area contributed by atoms with Crippen LogP contribution in [0.15, 0.2) is 267 Å². The predicted octanol–water partition coefficient (Wildman–Crippen LogP) is 26.0. The molecule has 0 saturated heterocycles. The SMILES string of the molecule is O=C(CCCCCOc1ccc2c(c1)-c1nc-2nc2[nH]c(nc3nc(nc4[nH]c(n1)c1ccc(OCCCCCC(=O)N5c6ccccc6C=Cc6ccccc65)cc41)-c1ccc(OCCCCCC(=O)N4c5ccccc5C=Cc5ccccc54)cc1-3)c1ccc(OCCCCCC(=O)N3c4ccccc4C=Cc4ccccc43)cc21)N1c2ccccc2C=Cc2ccccc21. The number of nitrogens with zero attached hydrogens (tertiary/aromatic N) is 10. The van der Waals surface area contributed by atoms with Gasteiger partial charge in [0.05, 0.1) is 71.9 Å². The molecule has 12 aromatic carbocycles. The molecule has 650 valence electrons. The summed E-state index contributed by atoms with van der Waals surface area (Å²) < 4.78 is 26.5. The molecule has 0 unspecified atom stereocenters. The number of carbonyl (C=O) groups excluding carboxylic acids is 4. The van der Waals surface area contributed by atoms with Gasteiger partial charge >= 0.3 is 0 Å². The zero-order chi connectivity index (χ0) is 88.8. The van der Waals surface area contributed by atoms with Crippen molar-refractivity contribution < 1.29 is 38.1 Å². The van der Waals surface area contributed by atoms with Gasteiger partial charge < -0.3 is 28.9 Å². The van der Waals surface area contributed by atoms with Gasteiger partial charge in [-0.3, -0.25) is 38.8 Å². The van der Waals surface area contributed by atoms with Gasteiger partial charge in [0, 0.05) is 69.5 Å². The van der Waals surface area contributed by atoms with Crippen LogP contribution in [0.3, 0.4) is 0 Å². The lowest BCUT2D eigenvalue weighted by Crippen LogP contribution is -2.26. The van der Waals surface area contributed by atoms with Gasteiger partial charge in [-0.25, -0.2) is 29.9 Å². The van der Waals surface area contributed by atoms with Gasteiger partial charge in [0.2, 0.25) is 23.6 Å². The van der Waals surface area contributed by atoms with E-state index in [0.29, 0.717) is 183 Å². The Bertz CT molecular complexity index is 6740. The number of hydrogen-bond acceptors (Lipinski definition) is 14. The predicted molar refractivity (Wildman–Crippen MR) is 528 cm³/mol. The van der Waals surface area contributed by atoms with Crippen LogP contribution in [0.4, 0.5) is 45.5 Å². The second-order valence-corrected chi connectivity index (χ2v) is 33.8. The Hall–Kier alpha value is -16.0. The van der Waals surface area contributed by atoms with Gasteiger partial charge in [-0.05, 0) is 243 Å². The monoisotopic (exact) mass is 1730 g/mol. The van der Waals surface area contributed by atoms with E-state index in [1.807, 2.05) is 287 Å². The second kappa shape index (κ2) is 37.4. The van der Waals surface area contributed by atoms with E-state index in [9.17, 15) is 19.2 Å². The number of amides is 4. The highest BCUT2D eigenvalue weighted by molar-refractivity contribution is 6.12. The van der Waals surface area contributed by atoms with E-state index in [1.165, 1.54) is 0 Å². The molecule has 20 nitrogen and oxygen atoms in total. The topological polar surface area (TPSA) is 227 Å². The Kier molecular flexibility index (Phi) is 23.5. The number of nitrogens with one attached hydrogen (secondary N) is 2. The van der Waals surface area contributed by atoms with E-state index in [0.717, 1.165) is 148 Å². The largest absolute Gasteiger partial charge is 0.494 e. The van der Waals surface area contributed by atoms with E-state index >= 15 is 0 Å². The molecule has 6 aliphatic heterocycles. The molecule has 0 atom stereocenters. The third-order valence-electron chi connectivity index (χ3n) is 25.1. The number of anilines is 8. The Labute approximate surface area is 764 Å². The van der Waals surface area contributed by atoms with Gasteiger partial charge in [-0.1, -0.05) is 194 Å². The third-order valence-corrected chi connectivity index (χ3v) is 25.1. The zero-order valence-electron chi connectivity index (χ0n) is 72.9. The van der Waals surface area contributed by atoms with Crippen LogP contribution in [-0.2, 0) is 19.2 Å². The number of rotatable bonds is 28. The lowest BCUT2D eigenvalue weighted by Gasteiger charge is -2.25. The molecule has 8 bridgehead atoms. The molecule has 2 N–H and O–H groups in total. The van der Waals surface area contributed by atoms with Gasteiger partial charge in [0.25, 0.3) is 0 Å². The van der Waals surface area contributed by atoms with E-state index in [1.54, 1.807) is 0 Å². The van der Waals surface area contributed by atoms with Crippen LogP contribution in [0.1, 0.15) is 147 Å². The van der Waals surface area contributed by atoms with Gasteiger partial charge in [-0.15, -0.1) is 0 Å². The smallest absolute Gasteiger partial charge is 0.231 e. The summed E-state index contributed by atoms with van der Waals surface area (Å²) in [6.45, 7) is 1.60. The Morgan fingerprint density at radius 3 is 0.697 bits per heavy atom. The number of para-hydroxylation sites is 8. The summed E-state index contributed by atoms with van der Waals surface area (Å²) in [5.74, 6) is 4.18. The molecule has 6 aliphatic rings. The molecule has 0 aliphatic carbocycles. The summed E-state index contributed by atoms with van der Waals surface area (Å²) >= 11 is 0. The maximum absolute atomic E-state index is 14.3. The number of aromatic amines is 2. The molecular weight excluding hydrogens is 1640 g/mol. The number of hydrogen-bond donors (Lipinski definition) is 2. The minimum atomic E-state index is 0.0377. The van der Waals surface area contributed by atoms with Crippen LogP contribution in [0.2, 0.25) is 0 Å². The molecule has 9 heterocycles. The molecule has 21 rings (SSSR count). The van der Waals surface area contributed by atoms with Crippen molar-refractivity contribution in [2.24, 2.45) is 0 Å². The molecule has 0 spiro atoms. The number of H-pyrrole nitrogens is 2. The highest BCUT2D eigenvalue weighted by Crippen LogP contribution is 2.46. The second-order valence-electron chi connectivity index (χ2n) is 33.8. The van der Waals surface area contributed by atoms with E-state index in [-0.39, 0.29) is 23.6 Å². The number of fused-ring (bicyclic) bond motifs is 28. The van der Waals surface area contributed by atoms with Crippen molar-refractivity contribution in [1.29, 1.82) is 0 Å². The number of carbonyl (C=O) groups is 4. The summed E-state index contributed by atoms with van der Waals surface area (Å²) in [7, 11) is 0. The van der Waals surface area contributed by atoms with E-state index in [4.69, 9.17) is 48.9 Å². The van der Waals surface area contributed by atoms with E-state index < -0.39 is 0 Å². The van der Waals surface area contributed by atoms with Crippen LogP contribution in [0.5, 0.6) is 23.0 Å². The number of ether oxygens (including phenoxy) is 4. The third kappa shape index (κ3) is 17.1. The molecule has 20 heteroatoms. The van der Waals surface area contributed by atoms with E-state index in [2.05, 4.69) is 58.6 Å². The van der Waals surface area contributed by atoms with Crippen molar-refractivity contribution in [3.63, 3.8) is 0 Å². The van der Waals surface area contributed by atoms with Crippen molar-refractivity contribution in [1.82, 2.24) is 39.9 Å². The normalized spacial score (nSPS) is 12.8. The van der Waals surface area contributed by atoms with Crippen LogP contribution in [0.25, 0.3) is 138 Å².